The van der Waals surface area contributed by atoms with Crippen LogP contribution in [0.3, 0.4) is 0 Å². The molecule has 0 radical (unpaired) electrons. The van der Waals surface area contributed by atoms with Gasteiger partial charge in [-0.15, -0.1) is 0 Å². The minimum atomic E-state index is -0.246. The van der Waals surface area contributed by atoms with Gasteiger partial charge >= 0.3 is 0 Å². The number of aromatic nitrogens is 2. The Balaban J connectivity index is 1.87. The van der Waals surface area contributed by atoms with E-state index < -0.39 is 0 Å². The van der Waals surface area contributed by atoms with Crippen LogP contribution in [0.4, 0.5) is 0 Å². The molecule has 106 valence electrons. The predicted molar refractivity (Wildman–Crippen MR) is 75.1 cm³/mol. The first-order valence-electron chi connectivity index (χ1n) is 6.37. The molecule has 1 aliphatic heterocycles. The average molecular weight is 295 g/mol. The summed E-state index contributed by atoms with van der Waals surface area (Å²) in [5, 5.41) is 6.33. The maximum atomic E-state index is 12.4. The summed E-state index contributed by atoms with van der Waals surface area (Å²) in [4.78, 5) is 16.6. The molecule has 7 heteroatoms. The fourth-order valence-electron chi connectivity index (χ4n) is 2.45. The topological polar surface area (TPSA) is 67.7 Å². The van der Waals surface area contributed by atoms with Crippen molar-refractivity contribution < 1.29 is 9.53 Å². The lowest BCUT2D eigenvalue weighted by Gasteiger charge is -2.18. The minimum absolute atomic E-state index is 0.0306. The van der Waals surface area contributed by atoms with Crippen LogP contribution < -0.4 is 10.6 Å². The third-order valence-electron chi connectivity index (χ3n) is 3.48. The van der Waals surface area contributed by atoms with Crippen molar-refractivity contribution in [3.8, 4) is 0 Å². The summed E-state index contributed by atoms with van der Waals surface area (Å²) in [6, 6.07) is 5.41. The van der Waals surface area contributed by atoms with Gasteiger partial charge in [-0.2, -0.15) is 0 Å². The lowest BCUT2D eigenvalue weighted by atomic mass is 10.2. The van der Waals surface area contributed by atoms with Crippen molar-refractivity contribution in [3.05, 3.63) is 35.2 Å². The molecule has 1 aliphatic rings. The summed E-state index contributed by atoms with van der Waals surface area (Å²) in [7, 11) is 1.64. The second-order valence-electron chi connectivity index (χ2n) is 4.69. The molecule has 0 aliphatic carbocycles. The number of carbonyl (C=O) groups is 1. The molecular formula is C13H15ClN4O2. The largest absolute Gasteiger partial charge is 0.378 e. The number of carbonyl (C=O) groups excluding carboxylic acids is 1. The molecule has 2 N–H and O–H groups in total. The minimum Gasteiger partial charge on any atom is -0.378 e. The Labute approximate surface area is 121 Å². The number of imidazole rings is 1. The molecule has 2 aromatic heterocycles. The molecular weight excluding hydrogens is 280 g/mol. The van der Waals surface area contributed by atoms with E-state index >= 15 is 0 Å². The Bertz CT molecular complexity index is 642. The summed E-state index contributed by atoms with van der Waals surface area (Å²) in [5.74, 6) is -0.246. The highest BCUT2D eigenvalue weighted by molar-refractivity contribution is 6.32. The first-order chi connectivity index (χ1) is 9.70. The second-order valence-corrected chi connectivity index (χ2v) is 5.05. The lowest BCUT2D eigenvalue weighted by Crippen LogP contribution is -2.44. The van der Waals surface area contributed by atoms with Crippen molar-refractivity contribution in [1.82, 2.24) is 20.0 Å². The van der Waals surface area contributed by atoms with Crippen molar-refractivity contribution in [2.75, 3.05) is 20.2 Å². The Hall–Kier alpha value is -1.63. The average Bonchev–Trinajstić information content (AvgIpc) is 3.01. The third kappa shape index (κ3) is 2.26. The summed E-state index contributed by atoms with van der Waals surface area (Å²) in [5.41, 5.74) is 1.000. The van der Waals surface area contributed by atoms with Crippen LogP contribution in [-0.4, -0.2) is 47.6 Å². The zero-order chi connectivity index (χ0) is 14.1. The van der Waals surface area contributed by atoms with Gasteiger partial charge < -0.3 is 15.4 Å². The number of nitrogens with zero attached hydrogens (tertiary/aromatic N) is 2. The van der Waals surface area contributed by atoms with Crippen LogP contribution in [-0.2, 0) is 4.74 Å². The fraction of sp³-hybridized carbons (Fsp3) is 0.385. The van der Waals surface area contributed by atoms with Gasteiger partial charge in [-0.25, -0.2) is 4.98 Å². The van der Waals surface area contributed by atoms with Crippen LogP contribution in [0.2, 0.25) is 5.15 Å². The Morgan fingerprint density at radius 1 is 1.55 bits per heavy atom. The molecule has 3 rings (SSSR count). The number of halogens is 1. The summed E-state index contributed by atoms with van der Waals surface area (Å²) < 4.78 is 7.01. The molecule has 0 bridgehead atoms. The molecule has 1 unspecified atom stereocenters. The van der Waals surface area contributed by atoms with E-state index in [4.69, 9.17) is 16.3 Å². The fourth-order valence-corrected chi connectivity index (χ4v) is 2.72. The predicted octanol–water partition coefficient (Wildman–Crippen LogP) is 0.704. The molecule has 2 atom stereocenters. The van der Waals surface area contributed by atoms with Crippen LogP contribution in [0.15, 0.2) is 24.4 Å². The molecule has 0 spiro atoms. The number of fused-ring (bicyclic) bond motifs is 1. The van der Waals surface area contributed by atoms with E-state index in [2.05, 4.69) is 15.6 Å². The number of ether oxygens (including phenoxy) is 1. The van der Waals surface area contributed by atoms with Crippen LogP contribution in [0.5, 0.6) is 0 Å². The van der Waals surface area contributed by atoms with E-state index in [9.17, 15) is 4.79 Å². The lowest BCUT2D eigenvalue weighted by molar-refractivity contribution is 0.0776. The molecule has 6 nitrogen and oxygen atoms in total. The molecule has 2 aromatic rings. The number of hydrogen-bond acceptors (Lipinski definition) is 4. The highest BCUT2D eigenvalue weighted by Gasteiger charge is 2.30. The molecule has 0 saturated carbocycles. The van der Waals surface area contributed by atoms with E-state index in [1.807, 2.05) is 12.1 Å². The van der Waals surface area contributed by atoms with Crippen molar-refractivity contribution in [2.45, 2.75) is 12.1 Å². The zero-order valence-corrected chi connectivity index (χ0v) is 11.7. The Morgan fingerprint density at radius 2 is 2.40 bits per heavy atom. The highest BCUT2D eigenvalue weighted by Crippen LogP contribution is 2.18. The van der Waals surface area contributed by atoms with Crippen LogP contribution >= 0.6 is 11.6 Å². The van der Waals surface area contributed by atoms with Gasteiger partial charge in [-0.1, -0.05) is 17.7 Å². The molecule has 0 aromatic carbocycles. The van der Waals surface area contributed by atoms with Gasteiger partial charge in [0, 0.05) is 26.4 Å². The van der Waals surface area contributed by atoms with E-state index in [1.54, 1.807) is 23.8 Å². The van der Waals surface area contributed by atoms with Gasteiger partial charge in [0.15, 0.2) is 10.8 Å². The number of nitrogens with one attached hydrogen (secondary N) is 2. The molecule has 1 amide bonds. The highest BCUT2D eigenvalue weighted by atomic mass is 35.5. The molecule has 1 saturated heterocycles. The van der Waals surface area contributed by atoms with E-state index in [0.717, 1.165) is 6.54 Å². The van der Waals surface area contributed by atoms with Crippen LogP contribution in [0, 0.1) is 0 Å². The zero-order valence-electron chi connectivity index (χ0n) is 11.0. The summed E-state index contributed by atoms with van der Waals surface area (Å²) >= 11 is 6.08. The third-order valence-corrected chi connectivity index (χ3v) is 3.74. The number of methoxy groups -OCH3 is 1. The number of rotatable bonds is 3. The van der Waals surface area contributed by atoms with Gasteiger partial charge in [0.25, 0.3) is 5.91 Å². The van der Waals surface area contributed by atoms with Crippen LogP contribution in [0.25, 0.3) is 5.65 Å². The van der Waals surface area contributed by atoms with Gasteiger partial charge in [0.2, 0.25) is 0 Å². The van der Waals surface area contributed by atoms with Crippen molar-refractivity contribution in [2.24, 2.45) is 0 Å². The molecule has 1 fully saturated rings. The van der Waals surface area contributed by atoms with E-state index in [-0.39, 0.29) is 23.2 Å². The summed E-state index contributed by atoms with van der Waals surface area (Å²) in [6.45, 7) is 1.40. The van der Waals surface area contributed by atoms with Gasteiger partial charge in [-0.3, -0.25) is 9.20 Å². The van der Waals surface area contributed by atoms with Crippen LogP contribution in [0.1, 0.15) is 10.5 Å². The van der Waals surface area contributed by atoms with E-state index in [0.29, 0.717) is 17.9 Å². The smallest absolute Gasteiger partial charge is 0.271 e. The molecule has 20 heavy (non-hydrogen) atoms. The number of pyridine rings is 1. The van der Waals surface area contributed by atoms with Crippen molar-refractivity contribution in [1.29, 1.82) is 0 Å². The Morgan fingerprint density at radius 3 is 3.20 bits per heavy atom. The second kappa shape index (κ2) is 5.40. The van der Waals surface area contributed by atoms with Gasteiger partial charge in [-0.05, 0) is 12.1 Å². The van der Waals surface area contributed by atoms with Gasteiger partial charge in [0.05, 0.1) is 12.1 Å². The van der Waals surface area contributed by atoms with Gasteiger partial charge in [0.1, 0.15) is 5.65 Å². The maximum absolute atomic E-state index is 12.4. The summed E-state index contributed by atoms with van der Waals surface area (Å²) in [6.07, 6.45) is 1.74. The maximum Gasteiger partial charge on any atom is 0.271 e. The standard InChI is InChI=1S/C13H15ClN4O2/c1-20-9-7-15-6-8(9)16-13(19)11-12(14)17-10-4-2-3-5-18(10)11/h2-5,8-9,15H,6-7H2,1H3,(H,16,19)/t8?,9-/m0/s1. The Kier molecular flexibility index (Phi) is 3.60. The van der Waals surface area contributed by atoms with Crippen molar-refractivity contribution >= 4 is 23.2 Å². The first-order valence-corrected chi connectivity index (χ1v) is 6.75. The quantitative estimate of drug-likeness (QED) is 0.875. The first kappa shape index (κ1) is 13.4. The van der Waals surface area contributed by atoms with Crippen molar-refractivity contribution in [3.63, 3.8) is 0 Å². The van der Waals surface area contributed by atoms with E-state index in [1.165, 1.54) is 0 Å². The monoisotopic (exact) mass is 294 g/mol. The number of hydrogen-bond donors (Lipinski definition) is 2. The molecule has 3 heterocycles. The SMILES string of the molecule is CO[C@H]1CNCC1NC(=O)c1c(Cl)nc2ccccn12. The normalized spacial score (nSPS) is 22.3. The number of amides is 1.